The summed E-state index contributed by atoms with van der Waals surface area (Å²) in [6.07, 6.45) is 1.55. The number of carbonyl (C=O) groups excluding carboxylic acids is 1. The number of hydrogen-bond donors (Lipinski definition) is 2. The molecule has 9 nitrogen and oxygen atoms in total. The summed E-state index contributed by atoms with van der Waals surface area (Å²) in [7, 11) is -3.76. The van der Waals surface area contributed by atoms with E-state index < -0.39 is 26.5 Å². The Morgan fingerprint density at radius 1 is 1.23 bits per heavy atom. The predicted molar refractivity (Wildman–Crippen MR) is 96.5 cm³/mol. The number of rotatable bonds is 6. The lowest BCUT2D eigenvalue weighted by atomic mass is 10.3. The van der Waals surface area contributed by atoms with Crippen LogP contribution in [0, 0.1) is 10.1 Å². The molecule has 138 valence electrons. The first-order valence-electron chi connectivity index (χ1n) is 7.78. The molecule has 0 spiro atoms. The molecule has 1 fully saturated rings. The maximum atomic E-state index is 12.6. The number of hydrazine groups is 1. The number of sulfonamides is 1. The summed E-state index contributed by atoms with van der Waals surface area (Å²) < 4.78 is 26.4. The molecule has 0 radical (unpaired) electrons. The van der Waals surface area contributed by atoms with Crippen molar-refractivity contribution in [2.24, 2.45) is 0 Å². The van der Waals surface area contributed by atoms with E-state index in [1.54, 1.807) is 17.5 Å². The summed E-state index contributed by atoms with van der Waals surface area (Å²) in [4.78, 5) is 22.9. The van der Waals surface area contributed by atoms with Crippen molar-refractivity contribution in [2.45, 2.75) is 17.7 Å². The smallest absolute Gasteiger partial charge is 0.292 e. The zero-order valence-electron chi connectivity index (χ0n) is 13.5. The molecule has 11 heteroatoms. The second kappa shape index (κ2) is 7.40. The Labute approximate surface area is 153 Å². The lowest BCUT2D eigenvalue weighted by Crippen LogP contribution is -2.29. The molecule has 2 N–H and O–H groups in total. The molecule has 2 aromatic rings. The lowest BCUT2D eigenvalue weighted by molar-refractivity contribution is -0.384. The first-order valence-corrected chi connectivity index (χ1v) is 10.1. The Balaban J connectivity index is 1.83. The number of nitrogens with zero attached hydrogens (tertiary/aromatic N) is 2. The van der Waals surface area contributed by atoms with E-state index in [4.69, 9.17) is 0 Å². The average Bonchev–Trinajstić information content (AvgIpc) is 3.32. The van der Waals surface area contributed by atoms with Crippen molar-refractivity contribution in [1.29, 1.82) is 0 Å². The Kier molecular flexibility index (Phi) is 5.20. The van der Waals surface area contributed by atoms with E-state index in [2.05, 4.69) is 10.9 Å². The average molecular weight is 396 g/mol. The molecular weight excluding hydrogens is 380 g/mol. The topological polar surface area (TPSA) is 122 Å². The van der Waals surface area contributed by atoms with Crippen molar-refractivity contribution in [1.82, 2.24) is 9.73 Å². The van der Waals surface area contributed by atoms with Gasteiger partial charge in [-0.15, -0.1) is 11.3 Å². The first-order chi connectivity index (χ1) is 12.4. The van der Waals surface area contributed by atoms with Crippen LogP contribution in [0.3, 0.4) is 0 Å². The number of anilines is 1. The Hall–Kier alpha value is -2.50. The largest absolute Gasteiger partial charge is 0.295 e. The van der Waals surface area contributed by atoms with Crippen molar-refractivity contribution in [3.05, 3.63) is 50.7 Å². The highest BCUT2D eigenvalue weighted by molar-refractivity contribution is 7.89. The molecule has 0 bridgehead atoms. The van der Waals surface area contributed by atoms with Gasteiger partial charge in [-0.3, -0.25) is 25.8 Å². The first kappa shape index (κ1) is 18.3. The van der Waals surface area contributed by atoms with Crippen LogP contribution in [0.1, 0.15) is 22.5 Å². The maximum Gasteiger partial charge on any atom is 0.295 e. The zero-order valence-corrected chi connectivity index (χ0v) is 15.2. The van der Waals surface area contributed by atoms with Crippen molar-refractivity contribution in [3.63, 3.8) is 0 Å². The van der Waals surface area contributed by atoms with Gasteiger partial charge in [0.25, 0.3) is 11.6 Å². The van der Waals surface area contributed by atoms with Gasteiger partial charge in [-0.1, -0.05) is 6.07 Å². The van der Waals surface area contributed by atoms with Crippen LogP contribution < -0.4 is 10.9 Å². The van der Waals surface area contributed by atoms with E-state index in [1.165, 1.54) is 27.8 Å². The summed E-state index contributed by atoms with van der Waals surface area (Å²) in [6.45, 7) is 0.819. The predicted octanol–water partition coefficient (Wildman–Crippen LogP) is 2.20. The monoisotopic (exact) mass is 396 g/mol. The molecule has 1 aliphatic rings. The zero-order chi connectivity index (χ0) is 18.7. The van der Waals surface area contributed by atoms with E-state index >= 15 is 0 Å². The van der Waals surface area contributed by atoms with Crippen LogP contribution in [0.5, 0.6) is 0 Å². The number of hydrogen-bond acceptors (Lipinski definition) is 7. The quantitative estimate of drug-likeness (QED) is 0.570. The van der Waals surface area contributed by atoms with Crippen LogP contribution in [0.25, 0.3) is 0 Å². The van der Waals surface area contributed by atoms with E-state index in [9.17, 15) is 23.3 Å². The Morgan fingerprint density at radius 2 is 1.96 bits per heavy atom. The van der Waals surface area contributed by atoms with Gasteiger partial charge < -0.3 is 0 Å². The third-order valence-corrected chi connectivity index (χ3v) is 6.69. The molecule has 26 heavy (non-hydrogen) atoms. The molecule has 1 aliphatic heterocycles. The van der Waals surface area contributed by atoms with Crippen molar-refractivity contribution >= 4 is 38.6 Å². The van der Waals surface area contributed by atoms with Crippen LogP contribution in [0.4, 0.5) is 11.4 Å². The summed E-state index contributed by atoms with van der Waals surface area (Å²) >= 11 is 1.23. The fourth-order valence-electron chi connectivity index (χ4n) is 2.60. The highest BCUT2D eigenvalue weighted by Gasteiger charge is 2.29. The van der Waals surface area contributed by atoms with Crippen molar-refractivity contribution in [2.75, 3.05) is 18.5 Å². The van der Waals surface area contributed by atoms with Gasteiger partial charge >= 0.3 is 0 Å². The molecule has 1 aromatic carbocycles. The van der Waals surface area contributed by atoms with E-state index in [0.29, 0.717) is 18.0 Å². The normalized spacial score (nSPS) is 14.9. The number of nitrogens with one attached hydrogen (secondary N) is 2. The number of benzene rings is 1. The molecule has 0 atom stereocenters. The molecule has 1 amide bonds. The highest BCUT2D eigenvalue weighted by Crippen LogP contribution is 2.29. The molecule has 1 aromatic heterocycles. The minimum Gasteiger partial charge on any atom is -0.292 e. The van der Waals surface area contributed by atoms with Crippen molar-refractivity contribution in [3.8, 4) is 0 Å². The van der Waals surface area contributed by atoms with Gasteiger partial charge in [-0.25, -0.2) is 8.42 Å². The number of carbonyl (C=O) groups is 1. The van der Waals surface area contributed by atoms with Gasteiger partial charge in [0, 0.05) is 19.2 Å². The van der Waals surface area contributed by atoms with Crippen LogP contribution in [0.2, 0.25) is 0 Å². The minimum absolute atomic E-state index is 0.000257. The summed E-state index contributed by atoms with van der Waals surface area (Å²) in [5.74, 6) is -0.442. The second-order valence-electron chi connectivity index (χ2n) is 5.60. The maximum absolute atomic E-state index is 12.6. The van der Waals surface area contributed by atoms with E-state index in [-0.39, 0.29) is 10.6 Å². The molecule has 1 saturated heterocycles. The SMILES string of the molecule is O=C(NNc1ccc(S(=O)(=O)N2CCCC2)cc1[N+](=O)[O-])c1cccs1. The fraction of sp³-hybridized carbons (Fsp3) is 0.267. The molecule has 0 aliphatic carbocycles. The highest BCUT2D eigenvalue weighted by atomic mass is 32.2. The van der Waals surface area contributed by atoms with E-state index in [0.717, 1.165) is 18.9 Å². The van der Waals surface area contributed by atoms with Gasteiger partial charge in [0.2, 0.25) is 10.0 Å². The summed E-state index contributed by atoms with van der Waals surface area (Å²) in [6, 6.07) is 6.89. The van der Waals surface area contributed by atoms with Gasteiger partial charge in [0.05, 0.1) is 14.7 Å². The Bertz CT molecular complexity index is 922. The molecule has 2 heterocycles. The third-order valence-electron chi connectivity index (χ3n) is 3.92. The van der Waals surface area contributed by atoms with Crippen molar-refractivity contribution < 1.29 is 18.1 Å². The third kappa shape index (κ3) is 3.69. The number of nitro groups is 1. The number of nitro benzene ring substituents is 1. The van der Waals surface area contributed by atoms with Gasteiger partial charge in [-0.05, 0) is 36.4 Å². The van der Waals surface area contributed by atoms with Crippen LogP contribution in [-0.2, 0) is 10.0 Å². The van der Waals surface area contributed by atoms with Crippen LogP contribution in [0.15, 0.2) is 40.6 Å². The molecule has 0 saturated carbocycles. The molecule has 0 unspecified atom stereocenters. The summed E-state index contributed by atoms with van der Waals surface area (Å²) in [5, 5.41) is 13.1. The van der Waals surface area contributed by atoms with Gasteiger partial charge in [-0.2, -0.15) is 4.31 Å². The Morgan fingerprint density at radius 3 is 2.58 bits per heavy atom. The van der Waals surface area contributed by atoms with Crippen LogP contribution >= 0.6 is 11.3 Å². The minimum atomic E-state index is -3.76. The lowest BCUT2D eigenvalue weighted by Gasteiger charge is -2.16. The molecular formula is C15H16N4O5S2. The summed E-state index contributed by atoms with van der Waals surface area (Å²) in [5.41, 5.74) is 4.42. The second-order valence-corrected chi connectivity index (χ2v) is 8.49. The van der Waals surface area contributed by atoms with Gasteiger partial charge in [0.15, 0.2) is 0 Å². The number of thiophene rings is 1. The number of amides is 1. The fourth-order valence-corrected chi connectivity index (χ4v) is 4.76. The van der Waals surface area contributed by atoms with Gasteiger partial charge in [0.1, 0.15) is 5.69 Å². The van der Waals surface area contributed by atoms with E-state index in [1.807, 2.05) is 0 Å². The van der Waals surface area contributed by atoms with Crippen LogP contribution in [-0.4, -0.2) is 36.6 Å². The molecule has 3 rings (SSSR count). The standard InChI is InChI=1S/C15H16N4O5S2/c20-15(14-4-3-9-25-14)17-16-12-6-5-11(10-13(12)19(21)22)26(23,24)18-7-1-2-8-18/h3-6,9-10,16H,1-2,7-8H2,(H,17,20).